The summed E-state index contributed by atoms with van der Waals surface area (Å²) >= 11 is 0. The van der Waals surface area contributed by atoms with Crippen LogP contribution in [0.1, 0.15) is 48.5 Å². The minimum Gasteiger partial charge on any atom is -0.456 e. The fourth-order valence-corrected chi connectivity index (χ4v) is 2.03. The third-order valence-electron chi connectivity index (χ3n) is 3.78. The van der Waals surface area contributed by atoms with Gasteiger partial charge in [-0.05, 0) is 17.8 Å². The first-order chi connectivity index (χ1) is 7.63. The van der Waals surface area contributed by atoms with E-state index < -0.39 is 35.0 Å². The second-order valence-electron chi connectivity index (χ2n) is 6.82. The molecular weight excluding hydrogens is 245 g/mol. The van der Waals surface area contributed by atoms with E-state index in [-0.39, 0.29) is 0 Å². The fraction of sp³-hybridized carbons (Fsp3) is 0.923. The Bertz CT molecular complexity index is 292. The highest BCUT2D eigenvalue weighted by atomic mass is 19.4. The van der Waals surface area contributed by atoms with Crippen LogP contribution in [0.2, 0.25) is 0 Å². The van der Waals surface area contributed by atoms with E-state index in [9.17, 15) is 18.0 Å². The van der Waals surface area contributed by atoms with Crippen molar-refractivity contribution in [2.75, 3.05) is 6.61 Å². The summed E-state index contributed by atoms with van der Waals surface area (Å²) in [6.45, 7) is 11.1. The van der Waals surface area contributed by atoms with Crippen LogP contribution in [0.25, 0.3) is 0 Å². The number of ether oxygens (including phenoxy) is 1. The quantitative estimate of drug-likeness (QED) is 0.702. The van der Waals surface area contributed by atoms with Gasteiger partial charge >= 0.3 is 12.1 Å². The summed E-state index contributed by atoms with van der Waals surface area (Å²) in [6, 6.07) is 0. The van der Waals surface area contributed by atoms with Crippen LogP contribution in [-0.2, 0) is 9.53 Å². The Morgan fingerprint density at radius 3 is 1.44 bits per heavy atom. The van der Waals surface area contributed by atoms with Crippen molar-refractivity contribution in [2.45, 2.75) is 54.6 Å². The van der Waals surface area contributed by atoms with Crippen molar-refractivity contribution in [1.29, 1.82) is 0 Å². The number of rotatable bonds is 2. The van der Waals surface area contributed by atoms with Gasteiger partial charge < -0.3 is 4.74 Å². The molecule has 0 N–H and O–H groups in total. The van der Waals surface area contributed by atoms with Gasteiger partial charge in [0, 0.05) is 0 Å². The maximum Gasteiger partial charge on any atom is 0.422 e. The second kappa shape index (κ2) is 4.74. The largest absolute Gasteiger partial charge is 0.456 e. The van der Waals surface area contributed by atoms with Crippen LogP contribution < -0.4 is 0 Å². The summed E-state index contributed by atoms with van der Waals surface area (Å²) < 4.78 is 40.8. The Kier molecular flexibility index (Phi) is 4.55. The van der Waals surface area contributed by atoms with Crippen molar-refractivity contribution >= 4 is 5.97 Å². The van der Waals surface area contributed by atoms with E-state index in [1.807, 2.05) is 41.5 Å². The predicted molar refractivity (Wildman–Crippen MR) is 64.0 cm³/mol. The summed E-state index contributed by atoms with van der Waals surface area (Å²) in [7, 11) is 0. The number of carbonyl (C=O) groups excluding carboxylic acids is 1. The van der Waals surface area contributed by atoms with Crippen LogP contribution in [0, 0.1) is 16.2 Å². The molecule has 0 spiro atoms. The number of carbonyl (C=O) groups is 1. The number of hydrogen-bond acceptors (Lipinski definition) is 2. The molecule has 0 bridgehead atoms. The van der Waals surface area contributed by atoms with Crippen LogP contribution in [0.4, 0.5) is 13.2 Å². The van der Waals surface area contributed by atoms with Gasteiger partial charge in [0.1, 0.15) is 0 Å². The molecule has 2 nitrogen and oxygen atoms in total. The van der Waals surface area contributed by atoms with Gasteiger partial charge in [-0.15, -0.1) is 0 Å². The molecule has 0 aromatic heterocycles. The van der Waals surface area contributed by atoms with Gasteiger partial charge in [-0.1, -0.05) is 41.5 Å². The molecule has 0 radical (unpaired) electrons. The van der Waals surface area contributed by atoms with E-state index >= 15 is 0 Å². The molecule has 0 aliphatic heterocycles. The van der Waals surface area contributed by atoms with Gasteiger partial charge in [0.2, 0.25) is 0 Å². The highest BCUT2D eigenvalue weighted by Gasteiger charge is 2.54. The lowest BCUT2D eigenvalue weighted by Gasteiger charge is -2.48. The van der Waals surface area contributed by atoms with Gasteiger partial charge in [-0.25, -0.2) is 0 Å². The normalized spacial score (nSPS) is 14.6. The summed E-state index contributed by atoms with van der Waals surface area (Å²) in [5.74, 6) is -0.806. The van der Waals surface area contributed by atoms with Crippen molar-refractivity contribution in [3.63, 3.8) is 0 Å². The van der Waals surface area contributed by atoms with E-state index in [1.54, 1.807) is 6.92 Å². The average Bonchev–Trinajstić information content (AvgIpc) is 2.07. The Morgan fingerprint density at radius 2 is 1.22 bits per heavy atom. The first kappa shape index (κ1) is 17.3. The highest BCUT2D eigenvalue weighted by molar-refractivity contribution is 5.78. The molecule has 0 aromatic carbocycles. The molecule has 0 amide bonds. The van der Waals surface area contributed by atoms with Gasteiger partial charge in [-0.3, -0.25) is 4.79 Å². The molecule has 0 rings (SSSR count). The monoisotopic (exact) mass is 268 g/mol. The maximum atomic E-state index is 12.1. The standard InChI is InChI=1S/C13H23F3O2/c1-10(2,3)12(7,11(4,5)6)9(17)18-8-13(14,15)16/h8H2,1-7H3. The minimum atomic E-state index is -4.49. The molecule has 108 valence electrons. The van der Waals surface area contributed by atoms with Crippen LogP contribution in [0.5, 0.6) is 0 Å². The van der Waals surface area contributed by atoms with E-state index in [0.717, 1.165) is 0 Å². The van der Waals surface area contributed by atoms with E-state index in [1.165, 1.54) is 0 Å². The Labute approximate surface area is 107 Å². The SMILES string of the molecule is CC(C)(C)C(C)(C(=O)OCC(F)(F)F)C(C)(C)C. The molecule has 0 saturated carbocycles. The van der Waals surface area contributed by atoms with Crippen molar-refractivity contribution in [2.24, 2.45) is 16.2 Å². The molecule has 0 saturated heterocycles. The third kappa shape index (κ3) is 3.62. The number of esters is 1. The summed E-state index contributed by atoms with van der Waals surface area (Å²) in [4.78, 5) is 12.1. The summed E-state index contributed by atoms with van der Waals surface area (Å²) in [6.07, 6.45) is -4.49. The van der Waals surface area contributed by atoms with Crippen molar-refractivity contribution in [3.8, 4) is 0 Å². The molecule has 0 aliphatic carbocycles. The topological polar surface area (TPSA) is 26.3 Å². The van der Waals surface area contributed by atoms with Crippen LogP contribution in [0.3, 0.4) is 0 Å². The predicted octanol–water partition coefficient (Wildman–Crippen LogP) is 4.19. The molecule has 0 heterocycles. The first-order valence-electron chi connectivity index (χ1n) is 5.87. The lowest BCUT2D eigenvalue weighted by Crippen LogP contribution is -2.51. The molecule has 0 aliphatic rings. The third-order valence-corrected chi connectivity index (χ3v) is 3.78. The zero-order valence-electron chi connectivity index (χ0n) is 12.2. The molecule has 0 atom stereocenters. The fourth-order valence-electron chi connectivity index (χ4n) is 2.03. The van der Waals surface area contributed by atoms with Crippen LogP contribution in [0.15, 0.2) is 0 Å². The molecule has 5 heteroatoms. The smallest absolute Gasteiger partial charge is 0.422 e. The summed E-state index contributed by atoms with van der Waals surface area (Å²) in [5.41, 5.74) is -2.02. The van der Waals surface area contributed by atoms with Crippen molar-refractivity contribution in [1.82, 2.24) is 0 Å². The average molecular weight is 268 g/mol. The van der Waals surface area contributed by atoms with Gasteiger partial charge in [0.05, 0.1) is 5.41 Å². The number of hydrogen-bond donors (Lipinski definition) is 0. The van der Waals surface area contributed by atoms with Crippen molar-refractivity contribution in [3.05, 3.63) is 0 Å². The van der Waals surface area contributed by atoms with E-state index in [4.69, 9.17) is 0 Å². The van der Waals surface area contributed by atoms with Gasteiger partial charge in [-0.2, -0.15) is 13.2 Å². The van der Waals surface area contributed by atoms with Crippen molar-refractivity contribution < 1.29 is 22.7 Å². The highest BCUT2D eigenvalue weighted by Crippen LogP contribution is 2.52. The minimum absolute atomic E-state index is 0.506. The molecule has 18 heavy (non-hydrogen) atoms. The molecule has 0 unspecified atom stereocenters. The van der Waals surface area contributed by atoms with Crippen LogP contribution in [-0.4, -0.2) is 18.8 Å². The van der Waals surface area contributed by atoms with Gasteiger partial charge in [0.25, 0.3) is 0 Å². The first-order valence-corrected chi connectivity index (χ1v) is 5.87. The molecule has 0 fully saturated rings. The lowest BCUT2D eigenvalue weighted by atomic mass is 9.55. The van der Waals surface area contributed by atoms with E-state index in [2.05, 4.69) is 4.74 Å². The second-order valence-corrected chi connectivity index (χ2v) is 6.82. The summed E-state index contributed by atoms with van der Waals surface area (Å²) in [5, 5.41) is 0. The number of halogens is 3. The Morgan fingerprint density at radius 1 is 0.889 bits per heavy atom. The lowest BCUT2D eigenvalue weighted by molar-refractivity contribution is -0.203. The molecule has 0 aromatic rings. The Balaban J connectivity index is 5.21. The zero-order chi connectivity index (χ0) is 15.0. The van der Waals surface area contributed by atoms with Crippen LogP contribution >= 0.6 is 0 Å². The molecular formula is C13H23F3O2. The zero-order valence-corrected chi connectivity index (χ0v) is 12.2. The van der Waals surface area contributed by atoms with Gasteiger partial charge in [0.15, 0.2) is 6.61 Å². The van der Waals surface area contributed by atoms with E-state index in [0.29, 0.717) is 0 Å². The number of alkyl halides is 3. The maximum absolute atomic E-state index is 12.1. The Hall–Kier alpha value is -0.740.